The van der Waals surface area contributed by atoms with Crippen LogP contribution in [-0.4, -0.2) is 19.5 Å². The van der Waals surface area contributed by atoms with Gasteiger partial charge >= 0.3 is 0 Å². The van der Waals surface area contributed by atoms with E-state index in [1.165, 1.54) is 5.39 Å². The van der Waals surface area contributed by atoms with E-state index in [4.69, 9.17) is 23.8 Å². The second kappa shape index (κ2) is 13.7. The van der Waals surface area contributed by atoms with Crippen LogP contribution in [0.5, 0.6) is 0 Å². The number of nitrogens with zero attached hydrogens (tertiary/aromatic N) is 4. The molecule has 4 heterocycles. The Balaban J connectivity index is 1.12. The van der Waals surface area contributed by atoms with Crippen molar-refractivity contribution in [3.8, 4) is 39.9 Å². The van der Waals surface area contributed by atoms with Gasteiger partial charge in [-0.3, -0.25) is 0 Å². The van der Waals surface area contributed by atoms with Gasteiger partial charge in [-0.15, -0.1) is 0 Å². The maximum Gasteiger partial charge on any atom is 0.166 e. The molecule has 67 heavy (non-hydrogen) atoms. The Labute approximate surface area is 381 Å². The molecular formula is C61H34N4O2. The number of fused-ring (bicyclic) bond motifs is 14. The lowest BCUT2D eigenvalue weighted by molar-refractivity contribution is 0.667. The molecule has 6 heteroatoms. The van der Waals surface area contributed by atoms with Crippen molar-refractivity contribution in [1.29, 1.82) is 0 Å². The zero-order valence-electron chi connectivity index (χ0n) is 35.7. The van der Waals surface area contributed by atoms with E-state index < -0.39 is 0 Å². The van der Waals surface area contributed by atoms with Crippen LogP contribution in [0.25, 0.3) is 149 Å². The maximum absolute atomic E-state index is 7.24. The third-order valence-corrected chi connectivity index (χ3v) is 13.8. The molecule has 0 fully saturated rings. The zero-order valence-corrected chi connectivity index (χ0v) is 35.7. The Morgan fingerprint density at radius 3 is 1.73 bits per heavy atom. The minimum Gasteiger partial charge on any atom is -0.456 e. The molecule has 0 aliphatic rings. The lowest BCUT2D eigenvalue weighted by Gasteiger charge is -2.16. The Bertz CT molecular complexity index is 4590. The summed E-state index contributed by atoms with van der Waals surface area (Å²) in [5, 5.41) is 15.4. The molecular weight excluding hydrogens is 821 g/mol. The van der Waals surface area contributed by atoms with Crippen LogP contribution in [0, 0.1) is 0 Å². The normalized spacial score (nSPS) is 12.2. The largest absolute Gasteiger partial charge is 0.456 e. The smallest absolute Gasteiger partial charge is 0.166 e. The summed E-state index contributed by atoms with van der Waals surface area (Å²) in [6, 6.07) is 72.8. The first-order valence-electron chi connectivity index (χ1n) is 22.6. The molecule has 0 unspecified atom stereocenters. The van der Waals surface area contributed by atoms with Crippen molar-refractivity contribution >= 4 is 109 Å². The molecule has 15 aromatic rings. The SMILES string of the molecule is c1ccc2cc(-c3nc(-c4ccc5c(oc6cc7ccccc7cc65)c4-n4c5cc6ccccc6cc5c5ccc6ccccc6c54)nc(-c4cccc5oc6ccccc6c45)n3)ccc2c1. The Morgan fingerprint density at radius 1 is 0.328 bits per heavy atom. The second-order valence-corrected chi connectivity index (χ2v) is 17.5. The Hall–Kier alpha value is -9.13. The number of furan rings is 2. The van der Waals surface area contributed by atoms with Gasteiger partial charge in [0.15, 0.2) is 23.1 Å². The molecule has 6 nitrogen and oxygen atoms in total. The topological polar surface area (TPSA) is 69.9 Å². The van der Waals surface area contributed by atoms with Crippen molar-refractivity contribution in [3.63, 3.8) is 0 Å². The summed E-state index contributed by atoms with van der Waals surface area (Å²) in [4.78, 5) is 16.4. The number of hydrogen-bond acceptors (Lipinski definition) is 5. The minimum atomic E-state index is 0.525. The summed E-state index contributed by atoms with van der Waals surface area (Å²) in [5.41, 5.74) is 8.71. The van der Waals surface area contributed by atoms with Crippen LogP contribution in [0.4, 0.5) is 0 Å². The molecule has 11 aromatic carbocycles. The standard InChI is InChI=1S/C61H34N4O2/c1-2-14-37-30-42(25-24-35(37)12-1)59-62-60(47-21-11-23-53-55(47)46-20-9-10-22-52(46)66-53)64-61(63-59)48-29-28-45-50-32-39-16-4-6-18-41(39)34-54(50)67-58(45)57(48)65-51-33-40-17-5-3-15-38(40)31-49(51)44-27-26-36-13-7-8-19-43(36)56(44)65/h1-34H. The van der Waals surface area contributed by atoms with Crippen LogP contribution in [0.3, 0.4) is 0 Å². The summed E-state index contributed by atoms with van der Waals surface area (Å²) in [7, 11) is 0. The number of aromatic nitrogens is 4. The lowest BCUT2D eigenvalue weighted by atomic mass is 10.0. The van der Waals surface area contributed by atoms with Crippen molar-refractivity contribution < 1.29 is 8.83 Å². The van der Waals surface area contributed by atoms with E-state index in [1.807, 2.05) is 30.3 Å². The van der Waals surface area contributed by atoms with E-state index in [1.54, 1.807) is 0 Å². The van der Waals surface area contributed by atoms with Crippen molar-refractivity contribution in [1.82, 2.24) is 19.5 Å². The number of rotatable bonds is 4. The second-order valence-electron chi connectivity index (χ2n) is 17.5. The molecule has 0 spiro atoms. The highest BCUT2D eigenvalue weighted by Crippen LogP contribution is 2.46. The van der Waals surface area contributed by atoms with Gasteiger partial charge in [-0.25, -0.2) is 15.0 Å². The van der Waals surface area contributed by atoms with Crippen LogP contribution in [0.1, 0.15) is 0 Å². The summed E-state index contributed by atoms with van der Waals surface area (Å²) in [6.45, 7) is 0. The van der Waals surface area contributed by atoms with Crippen molar-refractivity contribution in [3.05, 3.63) is 206 Å². The third kappa shape index (κ3) is 5.35. The summed E-state index contributed by atoms with van der Waals surface area (Å²) >= 11 is 0. The van der Waals surface area contributed by atoms with Crippen molar-refractivity contribution in [2.75, 3.05) is 0 Å². The molecule has 4 aromatic heterocycles. The Kier molecular flexibility index (Phi) is 7.40. The van der Waals surface area contributed by atoms with Crippen molar-refractivity contribution in [2.24, 2.45) is 0 Å². The van der Waals surface area contributed by atoms with Gasteiger partial charge in [-0.2, -0.15) is 0 Å². The molecule has 0 saturated heterocycles. The summed E-state index contributed by atoms with van der Waals surface area (Å²) in [6.07, 6.45) is 0. The first-order chi connectivity index (χ1) is 33.2. The van der Waals surface area contributed by atoms with Crippen LogP contribution in [0.2, 0.25) is 0 Å². The van der Waals surface area contributed by atoms with Gasteiger partial charge in [-0.05, 0) is 92.3 Å². The van der Waals surface area contributed by atoms with Crippen molar-refractivity contribution in [2.45, 2.75) is 0 Å². The summed E-state index contributed by atoms with van der Waals surface area (Å²) in [5.74, 6) is 1.64. The first kappa shape index (κ1) is 36.2. The molecule has 15 rings (SSSR count). The highest BCUT2D eigenvalue weighted by atomic mass is 16.3. The van der Waals surface area contributed by atoms with Gasteiger partial charge in [0, 0.05) is 54.4 Å². The summed E-state index contributed by atoms with van der Waals surface area (Å²) < 4.78 is 16.1. The van der Waals surface area contributed by atoms with E-state index in [0.29, 0.717) is 17.5 Å². The molecule has 0 amide bonds. The van der Waals surface area contributed by atoms with Gasteiger partial charge in [0.1, 0.15) is 22.4 Å². The average molecular weight is 855 g/mol. The van der Waals surface area contributed by atoms with Crippen LogP contribution < -0.4 is 0 Å². The number of hydrogen-bond donors (Lipinski definition) is 0. The predicted octanol–water partition coefficient (Wildman–Crippen LogP) is 16.4. The van der Waals surface area contributed by atoms with Gasteiger partial charge in [0.05, 0.1) is 11.0 Å². The molecule has 0 saturated carbocycles. The maximum atomic E-state index is 7.24. The molecule has 0 bridgehead atoms. The Morgan fingerprint density at radius 2 is 0.925 bits per heavy atom. The molecule has 310 valence electrons. The van der Waals surface area contributed by atoms with Crippen LogP contribution in [-0.2, 0) is 0 Å². The number of benzene rings is 11. The molecule has 0 aliphatic heterocycles. The molecule has 0 atom stereocenters. The van der Waals surface area contributed by atoms with Gasteiger partial charge in [0.2, 0.25) is 0 Å². The molecule has 0 aliphatic carbocycles. The van der Waals surface area contributed by atoms with Gasteiger partial charge < -0.3 is 13.4 Å². The quantitative estimate of drug-likeness (QED) is 0.176. The van der Waals surface area contributed by atoms with Crippen LogP contribution >= 0.6 is 0 Å². The lowest BCUT2D eigenvalue weighted by Crippen LogP contribution is -2.04. The van der Waals surface area contributed by atoms with E-state index in [0.717, 1.165) is 126 Å². The molecule has 0 N–H and O–H groups in total. The minimum absolute atomic E-state index is 0.525. The van der Waals surface area contributed by atoms with E-state index >= 15 is 0 Å². The first-order valence-corrected chi connectivity index (χ1v) is 22.6. The average Bonchev–Trinajstić information content (AvgIpc) is 4.06. The highest BCUT2D eigenvalue weighted by Gasteiger charge is 2.26. The monoisotopic (exact) mass is 854 g/mol. The molecule has 0 radical (unpaired) electrons. The predicted molar refractivity (Wildman–Crippen MR) is 275 cm³/mol. The fourth-order valence-corrected chi connectivity index (χ4v) is 10.6. The fourth-order valence-electron chi connectivity index (χ4n) is 10.6. The number of para-hydroxylation sites is 1. The van der Waals surface area contributed by atoms with E-state index in [-0.39, 0.29) is 0 Å². The highest BCUT2D eigenvalue weighted by molar-refractivity contribution is 6.23. The van der Waals surface area contributed by atoms with E-state index in [9.17, 15) is 0 Å². The third-order valence-electron chi connectivity index (χ3n) is 13.8. The van der Waals surface area contributed by atoms with Gasteiger partial charge in [0.25, 0.3) is 0 Å². The van der Waals surface area contributed by atoms with Crippen LogP contribution in [0.15, 0.2) is 215 Å². The van der Waals surface area contributed by atoms with Gasteiger partial charge in [-0.1, -0.05) is 152 Å². The van der Waals surface area contributed by atoms with E-state index in [2.05, 4.69) is 180 Å². The zero-order chi connectivity index (χ0) is 43.7. The fraction of sp³-hybridized carbons (Fsp3) is 0.